The number of likely N-dealkylation sites (N-methyl/N-ethyl adjacent to an activating group) is 1. The summed E-state index contributed by atoms with van der Waals surface area (Å²) in [5.74, 6) is 0.245. The molecule has 0 aromatic rings. The molecule has 1 fully saturated rings. The van der Waals surface area contributed by atoms with E-state index in [-0.39, 0.29) is 25.0 Å². The topological polar surface area (TPSA) is 69.2 Å². The third-order valence-corrected chi connectivity index (χ3v) is 3.49. The maximum Gasteiger partial charge on any atom is 0.401 e. The molecule has 140 valence electrons. The van der Waals surface area contributed by atoms with Crippen molar-refractivity contribution in [3.63, 3.8) is 0 Å². The highest BCUT2D eigenvalue weighted by Crippen LogP contribution is 2.19. The predicted octanol–water partition coefficient (Wildman–Crippen LogP) is -0.107. The zero-order valence-corrected chi connectivity index (χ0v) is 14.3. The van der Waals surface area contributed by atoms with Crippen molar-refractivity contribution in [1.82, 2.24) is 20.4 Å². The van der Waals surface area contributed by atoms with Crippen LogP contribution in [0, 0.1) is 0 Å². The van der Waals surface area contributed by atoms with Crippen LogP contribution in [0.2, 0.25) is 0 Å². The Morgan fingerprint density at radius 2 is 2.12 bits per heavy atom. The molecule has 1 saturated heterocycles. The second kappa shape index (κ2) is 9.67. The molecule has 1 aliphatic rings. The molecule has 10 heteroatoms. The van der Waals surface area contributed by atoms with E-state index in [0.717, 1.165) is 0 Å². The van der Waals surface area contributed by atoms with Gasteiger partial charge in [0.15, 0.2) is 5.96 Å². The number of ether oxygens (including phenoxy) is 1. The average molecular weight is 353 g/mol. The Morgan fingerprint density at radius 3 is 2.71 bits per heavy atom. The number of amides is 1. The number of methoxy groups -OCH3 is 1. The first-order valence-corrected chi connectivity index (χ1v) is 7.74. The normalized spacial score (nSPS) is 19.4. The Balaban J connectivity index is 2.55. The van der Waals surface area contributed by atoms with E-state index in [0.29, 0.717) is 32.1 Å². The number of hydrogen-bond acceptors (Lipinski definition) is 4. The number of alkyl halides is 3. The van der Waals surface area contributed by atoms with Crippen molar-refractivity contribution in [2.45, 2.75) is 18.6 Å². The zero-order chi connectivity index (χ0) is 18.2. The fourth-order valence-corrected chi connectivity index (χ4v) is 2.25. The van der Waals surface area contributed by atoms with E-state index in [1.807, 2.05) is 0 Å². The van der Waals surface area contributed by atoms with E-state index in [9.17, 15) is 18.0 Å². The van der Waals surface area contributed by atoms with Gasteiger partial charge >= 0.3 is 6.18 Å². The van der Waals surface area contributed by atoms with Crippen molar-refractivity contribution >= 4 is 11.9 Å². The zero-order valence-electron chi connectivity index (χ0n) is 14.3. The van der Waals surface area contributed by atoms with Crippen LogP contribution in [-0.2, 0) is 9.53 Å². The van der Waals surface area contributed by atoms with Crippen LogP contribution in [-0.4, -0.2) is 94.4 Å². The number of nitrogens with zero attached hydrogens (tertiary/aromatic N) is 3. The van der Waals surface area contributed by atoms with E-state index in [1.54, 1.807) is 21.2 Å². The van der Waals surface area contributed by atoms with Crippen molar-refractivity contribution in [3.8, 4) is 0 Å². The van der Waals surface area contributed by atoms with E-state index >= 15 is 0 Å². The first kappa shape index (κ1) is 20.5. The number of aliphatic imine (C=N–C) groups is 1. The maximum absolute atomic E-state index is 12.4. The molecular weight excluding hydrogens is 327 g/mol. The summed E-state index contributed by atoms with van der Waals surface area (Å²) < 4.78 is 42.2. The molecule has 1 heterocycles. The monoisotopic (exact) mass is 353 g/mol. The van der Waals surface area contributed by atoms with Crippen LogP contribution in [0.3, 0.4) is 0 Å². The first-order chi connectivity index (χ1) is 11.2. The van der Waals surface area contributed by atoms with E-state index in [1.165, 1.54) is 9.80 Å². The minimum absolute atomic E-state index is 0.0334. The van der Waals surface area contributed by atoms with Gasteiger partial charge in [-0.2, -0.15) is 13.2 Å². The average Bonchev–Trinajstić information content (AvgIpc) is 2.89. The molecule has 24 heavy (non-hydrogen) atoms. The molecule has 0 radical (unpaired) electrons. The van der Waals surface area contributed by atoms with E-state index in [2.05, 4.69) is 15.6 Å². The second-order valence-corrected chi connectivity index (χ2v) is 5.85. The van der Waals surface area contributed by atoms with Crippen molar-refractivity contribution < 1.29 is 22.7 Å². The molecule has 1 amide bonds. The summed E-state index contributed by atoms with van der Waals surface area (Å²) >= 11 is 0. The Labute approximate surface area is 140 Å². The Bertz CT molecular complexity index is 429. The molecular formula is C14H26F3N5O2. The summed E-state index contributed by atoms with van der Waals surface area (Å²) in [4.78, 5) is 18.6. The Hall–Kier alpha value is -1.55. The van der Waals surface area contributed by atoms with Crippen LogP contribution in [0.5, 0.6) is 0 Å². The Morgan fingerprint density at radius 1 is 1.42 bits per heavy atom. The highest BCUT2D eigenvalue weighted by molar-refractivity contribution is 5.84. The van der Waals surface area contributed by atoms with Gasteiger partial charge < -0.3 is 20.3 Å². The van der Waals surface area contributed by atoms with Crippen molar-refractivity contribution in [3.05, 3.63) is 0 Å². The van der Waals surface area contributed by atoms with Gasteiger partial charge in [0.1, 0.15) is 6.54 Å². The standard InChI is InChI=1S/C14H26F3N5O2/c1-21(2)12(23)8-19-13(18-5-7-24-3)20-11-4-6-22(9-11)10-14(15,16)17/h11H,4-10H2,1-3H3,(H2,18,19,20). The molecule has 1 unspecified atom stereocenters. The highest BCUT2D eigenvalue weighted by Gasteiger charge is 2.34. The predicted molar refractivity (Wildman–Crippen MR) is 84.9 cm³/mol. The number of rotatable bonds is 7. The molecule has 0 spiro atoms. The lowest BCUT2D eigenvalue weighted by molar-refractivity contribution is -0.143. The summed E-state index contributed by atoms with van der Waals surface area (Å²) in [5.41, 5.74) is 0. The number of likely N-dealkylation sites (tertiary alicyclic amines) is 1. The molecule has 2 N–H and O–H groups in total. The molecule has 1 aliphatic heterocycles. The molecule has 0 aromatic carbocycles. The second-order valence-electron chi connectivity index (χ2n) is 5.85. The van der Waals surface area contributed by atoms with Crippen molar-refractivity contribution in [2.24, 2.45) is 4.99 Å². The number of guanidine groups is 1. The molecule has 0 aromatic heterocycles. The fraction of sp³-hybridized carbons (Fsp3) is 0.857. The molecule has 0 aliphatic carbocycles. The summed E-state index contributed by atoms with van der Waals surface area (Å²) in [5, 5.41) is 6.10. The lowest BCUT2D eigenvalue weighted by Crippen LogP contribution is -2.46. The molecule has 1 atom stereocenters. The van der Waals surface area contributed by atoms with Crippen LogP contribution < -0.4 is 10.6 Å². The van der Waals surface area contributed by atoms with Gasteiger partial charge in [0.25, 0.3) is 0 Å². The third kappa shape index (κ3) is 8.34. The fourth-order valence-electron chi connectivity index (χ4n) is 2.25. The number of carbonyl (C=O) groups excluding carboxylic acids is 1. The van der Waals surface area contributed by atoms with E-state index < -0.39 is 12.7 Å². The molecule has 7 nitrogen and oxygen atoms in total. The van der Waals surface area contributed by atoms with Gasteiger partial charge in [-0.05, 0) is 6.42 Å². The van der Waals surface area contributed by atoms with Gasteiger partial charge in [0.2, 0.25) is 5.91 Å². The first-order valence-electron chi connectivity index (χ1n) is 7.74. The van der Waals surface area contributed by atoms with Gasteiger partial charge in [-0.25, -0.2) is 4.99 Å². The van der Waals surface area contributed by atoms with Gasteiger partial charge in [-0.3, -0.25) is 9.69 Å². The van der Waals surface area contributed by atoms with E-state index in [4.69, 9.17) is 4.74 Å². The number of halogens is 3. The number of hydrogen-bond donors (Lipinski definition) is 2. The molecule has 1 rings (SSSR count). The lowest BCUT2D eigenvalue weighted by atomic mass is 10.3. The number of nitrogens with one attached hydrogen (secondary N) is 2. The SMILES string of the molecule is COCCNC(=NCC(=O)N(C)C)NC1CCN(CC(F)(F)F)C1. The van der Waals surface area contributed by atoms with Gasteiger partial charge in [-0.15, -0.1) is 0 Å². The minimum Gasteiger partial charge on any atom is -0.383 e. The summed E-state index contributed by atoms with van der Waals surface area (Å²) in [6.45, 7) is 0.651. The smallest absolute Gasteiger partial charge is 0.383 e. The highest BCUT2D eigenvalue weighted by atomic mass is 19.4. The van der Waals surface area contributed by atoms with Crippen molar-refractivity contribution in [2.75, 3.05) is 60.5 Å². The van der Waals surface area contributed by atoms with Crippen LogP contribution in [0.15, 0.2) is 4.99 Å². The summed E-state index contributed by atoms with van der Waals surface area (Å²) in [6.07, 6.45) is -3.61. The van der Waals surface area contributed by atoms with Gasteiger partial charge in [0.05, 0.1) is 13.2 Å². The van der Waals surface area contributed by atoms with Crippen molar-refractivity contribution in [1.29, 1.82) is 0 Å². The summed E-state index contributed by atoms with van der Waals surface area (Å²) in [7, 11) is 4.83. The summed E-state index contributed by atoms with van der Waals surface area (Å²) in [6, 6.07) is -0.143. The molecule has 0 bridgehead atoms. The van der Waals surface area contributed by atoms with Crippen LogP contribution in [0.25, 0.3) is 0 Å². The Kier molecular flexibility index (Phi) is 8.26. The number of carbonyl (C=O) groups is 1. The third-order valence-electron chi connectivity index (χ3n) is 3.49. The maximum atomic E-state index is 12.4. The quantitative estimate of drug-likeness (QED) is 0.380. The largest absolute Gasteiger partial charge is 0.401 e. The lowest BCUT2D eigenvalue weighted by Gasteiger charge is -2.20. The van der Waals surface area contributed by atoms with Crippen LogP contribution in [0.1, 0.15) is 6.42 Å². The van der Waals surface area contributed by atoms with Crippen LogP contribution in [0.4, 0.5) is 13.2 Å². The van der Waals surface area contributed by atoms with Gasteiger partial charge in [0, 0.05) is 46.9 Å². The molecule has 0 saturated carbocycles. The minimum atomic E-state index is -4.19. The van der Waals surface area contributed by atoms with Crippen LogP contribution >= 0.6 is 0 Å². The van der Waals surface area contributed by atoms with Gasteiger partial charge in [-0.1, -0.05) is 0 Å².